The van der Waals surface area contributed by atoms with Gasteiger partial charge < -0.3 is 0 Å². The number of thiophene rings is 1. The van der Waals surface area contributed by atoms with Crippen LogP contribution in [0.2, 0.25) is 0 Å². The van der Waals surface area contributed by atoms with E-state index < -0.39 is 0 Å². The number of rotatable bonds is 4. The Hall–Kier alpha value is -1.15. The molecule has 1 nitrogen and oxygen atoms in total. The molecule has 1 aromatic heterocycles. The predicted molar refractivity (Wildman–Crippen MR) is 65.8 cm³/mol. The molecule has 78 valence electrons. The van der Waals surface area contributed by atoms with Crippen molar-refractivity contribution in [1.29, 1.82) is 0 Å². The summed E-state index contributed by atoms with van der Waals surface area (Å²) in [5, 5.41) is 1.20. The smallest absolute Gasteiger partial charge is 0.160 e. The van der Waals surface area contributed by atoms with Crippen molar-refractivity contribution in [3.05, 3.63) is 34.7 Å². The van der Waals surface area contributed by atoms with Gasteiger partial charge in [0.1, 0.15) is 0 Å². The Labute approximate surface area is 93.7 Å². The van der Waals surface area contributed by atoms with Crippen molar-refractivity contribution in [2.45, 2.75) is 26.2 Å². The molecule has 0 N–H and O–H groups in total. The second-order valence-electron chi connectivity index (χ2n) is 3.74. The molecule has 1 heterocycles. The summed E-state index contributed by atoms with van der Waals surface area (Å²) >= 11 is 1.56. The zero-order chi connectivity index (χ0) is 10.7. The first-order valence-corrected chi connectivity index (χ1v) is 6.13. The van der Waals surface area contributed by atoms with E-state index in [1.807, 2.05) is 6.07 Å². The van der Waals surface area contributed by atoms with Crippen molar-refractivity contribution < 1.29 is 4.79 Å². The number of aryl methyl sites for hydroxylation is 1. The van der Waals surface area contributed by atoms with Crippen LogP contribution < -0.4 is 0 Å². The van der Waals surface area contributed by atoms with Crippen LogP contribution in [0.25, 0.3) is 10.1 Å². The Morgan fingerprint density at radius 2 is 2.20 bits per heavy atom. The lowest BCUT2D eigenvalue weighted by atomic mass is 10.1. The number of aldehydes is 1. The average Bonchev–Trinajstić information content (AvgIpc) is 2.68. The molecule has 0 aliphatic rings. The molecule has 0 radical (unpaired) electrons. The van der Waals surface area contributed by atoms with Gasteiger partial charge in [-0.05, 0) is 35.9 Å². The van der Waals surface area contributed by atoms with Crippen LogP contribution in [0.4, 0.5) is 0 Å². The summed E-state index contributed by atoms with van der Waals surface area (Å²) < 4.78 is 1.21. The van der Waals surface area contributed by atoms with Crippen LogP contribution >= 0.6 is 11.3 Å². The maximum atomic E-state index is 10.6. The standard InChI is InChI=1S/C13H14OS/c1-2-3-4-10-5-6-13-11(7-10)8-12(9-14)15-13/h5-9H,2-4H2,1H3. The lowest BCUT2D eigenvalue weighted by Gasteiger charge is -1.99. The third kappa shape index (κ3) is 2.26. The minimum Gasteiger partial charge on any atom is -0.297 e. The molecule has 2 heteroatoms. The summed E-state index contributed by atoms with van der Waals surface area (Å²) in [6.45, 7) is 2.20. The molecule has 1 aromatic carbocycles. The van der Waals surface area contributed by atoms with Crippen molar-refractivity contribution in [2.75, 3.05) is 0 Å². The number of fused-ring (bicyclic) bond motifs is 1. The number of hydrogen-bond donors (Lipinski definition) is 0. The largest absolute Gasteiger partial charge is 0.297 e. The Morgan fingerprint density at radius 3 is 2.93 bits per heavy atom. The predicted octanol–water partition coefficient (Wildman–Crippen LogP) is 4.06. The Bertz CT molecular complexity index is 470. The summed E-state index contributed by atoms with van der Waals surface area (Å²) in [5.74, 6) is 0. The number of unbranched alkanes of at least 4 members (excludes halogenated alkanes) is 1. The van der Waals surface area contributed by atoms with Crippen LogP contribution in [-0.2, 0) is 6.42 Å². The molecule has 2 aromatic rings. The molecule has 0 aliphatic heterocycles. The van der Waals surface area contributed by atoms with Crippen LogP contribution in [0.3, 0.4) is 0 Å². The van der Waals surface area contributed by atoms with E-state index >= 15 is 0 Å². The van der Waals surface area contributed by atoms with Gasteiger partial charge in [0, 0.05) is 4.70 Å². The molecule has 0 atom stereocenters. The molecular formula is C13H14OS. The first-order chi connectivity index (χ1) is 7.33. The molecule has 0 amide bonds. The lowest BCUT2D eigenvalue weighted by molar-refractivity contribution is 0.112. The normalized spacial score (nSPS) is 10.7. The van der Waals surface area contributed by atoms with Crippen LogP contribution in [0.15, 0.2) is 24.3 Å². The Kier molecular flexibility index (Phi) is 3.17. The van der Waals surface area contributed by atoms with E-state index in [1.165, 1.54) is 28.5 Å². The minimum absolute atomic E-state index is 0.817. The van der Waals surface area contributed by atoms with Gasteiger partial charge in [-0.3, -0.25) is 4.79 Å². The average molecular weight is 218 g/mol. The van der Waals surface area contributed by atoms with Crippen molar-refractivity contribution in [1.82, 2.24) is 0 Å². The van der Waals surface area contributed by atoms with Gasteiger partial charge in [-0.15, -0.1) is 11.3 Å². The fourth-order valence-electron chi connectivity index (χ4n) is 1.71. The maximum absolute atomic E-state index is 10.6. The van der Waals surface area contributed by atoms with E-state index in [9.17, 15) is 4.79 Å². The first-order valence-electron chi connectivity index (χ1n) is 5.31. The highest BCUT2D eigenvalue weighted by molar-refractivity contribution is 7.20. The van der Waals surface area contributed by atoms with Crippen molar-refractivity contribution in [2.24, 2.45) is 0 Å². The van der Waals surface area contributed by atoms with Crippen molar-refractivity contribution >= 4 is 27.7 Å². The fraction of sp³-hybridized carbons (Fsp3) is 0.308. The van der Waals surface area contributed by atoms with Gasteiger partial charge in [-0.2, -0.15) is 0 Å². The van der Waals surface area contributed by atoms with Gasteiger partial charge in [0.05, 0.1) is 4.88 Å². The molecule has 0 saturated heterocycles. The molecule has 0 aliphatic carbocycles. The molecule has 0 unspecified atom stereocenters. The topological polar surface area (TPSA) is 17.1 Å². The summed E-state index contributed by atoms with van der Waals surface area (Å²) in [5.41, 5.74) is 1.37. The van der Waals surface area contributed by atoms with Gasteiger partial charge in [0.2, 0.25) is 0 Å². The highest BCUT2D eigenvalue weighted by Gasteiger charge is 2.01. The molecule has 0 spiro atoms. The van der Waals surface area contributed by atoms with E-state index in [1.54, 1.807) is 11.3 Å². The number of carbonyl (C=O) groups excluding carboxylic acids is 1. The van der Waals surface area contributed by atoms with E-state index in [2.05, 4.69) is 25.1 Å². The Balaban J connectivity index is 2.33. The molecule has 0 saturated carbocycles. The summed E-state index contributed by atoms with van der Waals surface area (Å²) in [4.78, 5) is 11.5. The first kappa shape index (κ1) is 10.4. The fourth-order valence-corrected chi connectivity index (χ4v) is 2.57. The van der Waals surface area contributed by atoms with Gasteiger partial charge >= 0.3 is 0 Å². The summed E-state index contributed by atoms with van der Waals surface area (Å²) in [7, 11) is 0. The molecular weight excluding hydrogens is 204 g/mol. The Morgan fingerprint density at radius 1 is 1.33 bits per heavy atom. The quantitative estimate of drug-likeness (QED) is 0.707. The zero-order valence-corrected chi connectivity index (χ0v) is 9.64. The van der Waals surface area contributed by atoms with Crippen LogP contribution in [0.1, 0.15) is 35.0 Å². The van der Waals surface area contributed by atoms with Crippen LogP contribution in [0, 0.1) is 0 Å². The monoisotopic (exact) mass is 218 g/mol. The van der Waals surface area contributed by atoms with E-state index in [4.69, 9.17) is 0 Å². The summed E-state index contributed by atoms with van der Waals surface area (Å²) in [6.07, 6.45) is 4.52. The van der Waals surface area contributed by atoms with Gasteiger partial charge in [-0.1, -0.05) is 25.5 Å². The number of hydrogen-bond acceptors (Lipinski definition) is 2. The second-order valence-corrected chi connectivity index (χ2v) is 4.86. The van der Waals surface area contributed by atoms with E-state index in [0.29, 0.717) is 0 Å². The maximum Gasteiger partial charge on any atom is 0.160 e. The van der Waals surface area contributed by atoms with Gasteiger partial charge in [0.15, 0.2) is 6.29 Å². The van der Waals surface area contributed by atoms with E-state index in [-0.39, 0.29) is 0 Å². The van der Waals surface area contributed by atoms with Crippen molar-refractivity contribution in [3.63, 3.8) is 0 Å². The molecule has 2 rings (SSSR count). The lowest BCUT2D eigenvalue weighted by Crippen LogP contribution is -1.82. The minimum atomic E-state index is 0.817. The van der Waals surface area contributed by atoms with Gasteiger partial charge in [0.25, 0.3) is 0 Å². The highest BCUT2D eigenvalue weighted by Crippen LogP contribution is 2.25. The zero-order valence-electron chi connectivity index (χ0n) is 8.82. The number of benzene rings is 1. The SMILES string of the molecule is CCCCc1ccc2sc(C=O)cc2c1. The third-order valence-electron chi connectivity index (χ3n) is 2.53. The molecule has 0 fully saturated rings. The second kappa shape index (κ2) is 4.58. The third-order valence-corrected chi connectivity index (χ3v) is 3.58. The van der Waals surface area contributed by atoms with Crippen molar-refractivity contribution in [3.8, 4) is 0 Å². The highest BCUT2D eigenvalue weighted by atomic mass is 32.1. The summed E-state index contributed by atoms with van der Waals surface area (Å²) in [6, 6.07) is 8.47. The molecule has 15 heavy (non-hydrogen) atoms. The number of carbonyl (C=O) groups is 1. The molecule has 0 bridgehead atoms. The van der Waals surface area contributed by atoms with E-state index in [0.717, 1.165) is 17.6 Å². The van der Waals surface area contributed by atoms with Gasteiger partial charge in [-0.25, -0.2) is 0 Å². The van der Waals surface area contributed by atoms with Crippen LogP contribution in [-0.4, -0.2) is 6.29 Å². The van der Waals surface area contributed by atoms with Crippen LogP contribution in [0.5, 0.6) is 0 Å².